The van der Waals surface area contributed by atoms with Crippen LogP contribution in [-0.4, -0.2) is 15.0 Å². The zero-order valence-corrected chi connectivity index (χ0v) is 17.2. The standard InChI is InChI=1S/C15H9Br3N3OP/c16-10-1-4-13(19-7-10)23(22,14-5-2-11(17)8-20-14)15-6-3-12(18)9-21-15/h1-9H. The van der Waals surface area contributed by atoms with Crippen LogP contribution in [0, 0.1) is 0 Å². The molecule has 0 aliphatic rings. The van der Waals surface area contributed by atoms with Crippen molar-refractivity contribution in [2.75, 3.05) is 0 Å². The molecular formula is C15H9Br3N3OP. The molecule has 0 aliphatic carbocycles. The molecule has 0 aromatic carbocycles. The molecule has 23 heavy (non-hydrogen) atoms. The highest BCUT2D eigenvalue weighted by Gasteiger charge is 2.34. The van der Waals surface area contributed by atoms with E-state index in [0.717, 1.165) is 13.4 Å². The fraction of sp³-hybridized carbons (Fsp3) is 0. The Kier molecular flexibility index (Phi) is 5.11. The molecule has 0 spiro atoms. The first-order valence-corrected chi connectivity index (χ1v) is 10.5. The summed E-state index contributed by atoms with van der Waals surface area (Å²) in [6, 6.07) is 10.6. The lowest BCUT2D eigenvalue weighted by Gasteiger charge is -2.17. The molecule has 3 aromatic heterocycles. The van der Waals surface area contributed by atoms with Crippen LogP contribution in [0.1, 0.15) is 0 Å². The lowest BCUT2D eigenvalue weighted by atomic mass is 10.5. The van der Waals surface area contributed by atoms with Gasteiger partial charge in [-0.15, -0.1) is 0 Å². The summed E-state index contributed by atoms with van der Waals surface area (Å²) in [5, 5.41) is 0. The Bertz CT molecular complexity index is 750. The van der Waals surface area contributed by atoms with Gasteiger partial charge in [0.25, 0.3) is 0 Å². The first-order valence-electron chi connectivity index (χ1n) is 6.46. The number of pyridine rings is 3. The van der Waals surface area contributed by atoms with Crippen molar-refractivity contribution < 1.29 is 4.57 Å². The van der Waals surface area contributed by atoms with Gasteiger partial charge >= 0.3 is 0 Å². The van der Waals surface area contributed by atoms with Gasteiger partial charge in [-0.2, -0.15) is 0 Å². The smallest absolute Gasteiger partial charge is 0.223 e. The van der Waals surface area contributed by atoms with E-state index >= 15 is 0 Å². The van der Waals surface area contributed by atoms with E-state index in [-0.39, 0.29) is 0 Å². The molecule has 0 radical (unpaired) electrons. The predicted octanol–water partition coefficient (Wildman–Crippen LogP) is 3.80. The molecule has 0 bridgehead atoms. The first kappa shape index (κ1) is 17.0. The van der Waals surface area contributed by atoms with Gasteiger partial charge in [0.15, 0.2) is 0 Å². The highest BCUT2D eigenvalue weighted by molar-refractivity contribution is 9.11. The van der Waals surface area contributed by atoms with Crippen molar-refractivity contribution in [1.29, 1.82) is 0 Å². The third-order valence-corrected chi connectivity index (χ3v) is 7.24. The van der Waals surface area contributed by atoms with E-state index in [1.807, 2.05) is 18.2 Å². The lowest BCUT2D eigenvalue weighted by Crippen LogP contribution is -2.30. The second kappa shape index (κ2) is 6.93. The topological polar surface area (TPSA) is 55.7 Å². The zero-order chi connectivity index (χ0) is 16.4. The molecule has 0 saturated heterocycles. The lowest BCUT2D eigenvalue weighted by molar-refractivity contribution is 0.591. The Labute approximate surface area is 158 Å². The summed E-state index contributed by atoms with van der Waals surface area (Å²) < 4.78 is 16.4. The highest BCUT2D eigenvalue weighted by Crippen LogP contribution is 2.40. The van der Waals surface area contributed by atoms with Crippen molar-refractivity contribution in [1.82, 2.24) is 15.0 Å². The average Bonchev–Trinajstić information content (AvgIpc) is 2.56. The number of halogens is 3. The molecule has 8 heteroatoms. The van der Waals surface area contributed by atoms with E-state index in [1.165, 1.54) is 0 Å². The van der Waals surface area contributed by atoms with Crippen LogP contribution in [0.2, 0.25) is 0 Å². The molecule has 116 valence electrons. The number of hydrogen-bond acceptors (Lipinski definition) is 4. The zero-order valence-electron chi connectivity index (χ0n) is 11.5. The van der Waals surface area contributed by atoms with E-state index in [0.29, 0.717) is 16.3 Å². The van der Waals surface area contributed by atoms with Crippen LogP contribution in [-0.2, 0) is 4.57 Å². The third kappa shape index (κ3) is 3.48. The minimum atomic E-state index is -3.23. The molecule has 3 heterocycles. The molecule has 0 amide bonds. The fourth-order valence-electron chi connectivity index (χ4n) is 2.01. The van der Waals surface area contributed by atoms with E-state index in [9.17, 15) is 4.57 Å². The molecule has 0 unspecified atom stereocenters. The van der Waals surface area contributed by atoms with Crippen molar-refractivity contribution in [2.45, 2.75) is 0 Å². The largest absolute Gasteiger partial charge is 0.304 e. The Morgan fingerprint density at radius 2 is 0.913 bits per heavy atom. The Balaban J connectivity index is 2.24. The van der Waals surface area contributed by atoms with E-state index < -0.39 is 7.14 Å². The predicted molar refractivity (Wildman–Crippen MR) is 102 cm³/mol. The van der Waals surface area contributed by atoms with Crippen LogP contribution in [0.3, 0.4) is 0 Å². The average molecular weight is 518 g/mol. The Hall–Kier alpha value is -0.880. The highest BCUT2D eigenvalue weighted by atomic mass is 79.9. The second-order valence-electron chi connectivity index (χ2n) is 4.61. The van der Waals surface area contributed by atoms with Gasteiger partial charge in [-0.1, -0.05) is 0 Å². The van der Waals surface area contributed by atoms with Crippen molar-refractivity contribution in [3.8, 4) is 0 Å². The van der Waals surface area contributed by atoms with Gasteiger partial charge in [-0.05, 0) is 84.2 Å². The van der Waals surface area contributed by atoms with Gasteiger partial charge in [0.2, 0.25) is 7.14 Å². The van der Waals surface area contributed by atoms with Crippen molar-refractivity contribution in [2.24, 2.45) is 0 Å². The molecule has 0 atom stereocenters. The fourth-order valence-corrected chi connectivity index (χ4v) is 4.94. The summed E-state index contributed by atoms with van der Waals surface area (Å²) in [4.78, 5) is 13.0. The van der Waals surface area contributed by atoms with Gasteiger partial charge in [0, 0.05) is 32.0 Å². The maximum Gasteiger partial charge on any atom is 0.223 e. The monoisotopic (exact) mass is 515 g/mol. The molecule has 0 fully saturated rings. The quantitative estimate of drug-likeness (QED) is 0.496. The Morgan fingerprint density at radius 3 is 1.13 bits per heavy atom. The van der Waals surface area contributed by atoms with Crippen molar-refractivity contribution in [3.05, 3.63) is 68.4 Å². The summed E-state index contributed by atoms with van der Waals surface area (Å²) >= 11 is 10.0. The molecule has 0 aliphatic heterocycles. The van der Waals surface area contributed by atoms with Gasteiger partial charge in [-0.3, -0.25) is 15.0 Å². The van der Waals surface area contributed by atoms with Crippen LogP contribution in [0.15, 0.2) is 68.4 Å². The van der Waals surface area contributed by atoms with Crippen LogP contribution in [0.5, 0.6) is 0 Å². The minimum absolute atomic E-state index is 0.449. The molecule has 3 aromatic rings. The first-order chi connectivity index (χ1) is 11.0. The molecule has 3 rings (SSSR count). The number of rotatable bonds is 3. The van der Waals surface area contributed by atoms with Gasteiger partial charge in [-0.25, -0.2) is 0 Å². The van der Waals surface area contributed by atoms with Crippen LogP contribution in [0.4, 0.5) is 0 Å². The maximum absolute atomic E-state index is 13.9. The molecule has 0 N–H and O–H groups in total. The normalized spacial score (nSPS) is 11.4. The SMILES string of the molecule is O=P(c1ccc(Br)cn1)(c1ccc(Br)cn1)c1ccc(Br)cn1. The van der Waals surface area contributed by atoms with E-state index in [4.69, 9.17) is 0 Å². The van der Waals surface area contributed by atoms with Gasteiger partial charge < -0.3 is 4.57 Å². The summed E-state index contributed by atoms with van der Waals surface area (Å²) in [7, 11) is -3.23. The summed E-state index contributed by atoms with van der Waals surface area (Å²) in [5.41, 5.74) is 1.35. The summed E-state index contributed by atoms with van der Waals surface area (Å²) in [6.07, 6.45) is 4.87. The molecule has 4 nitrogen and oxygen atoms in total. The number of aromatic nitrogens is 3. The van der Waals surface area contributed by atoms with Crippen LogP contribution < -0.4 is 16.3 Å². The van der Waals surface area contributed by atoms with Crippen molar-refractivity contribution >= 4 is 71.2 Å². The number of nitrogens with zero attached hydrogens (tertiary/aromatic N) is 3. The van der Waals surface area contributed by atoms with E-state index in [2.05, 4.69) is 62.7 Å². The summed E-state index contributed by atoms with van der Waals surface area (Å²) in [6.45, 7) is 0. The minimum Gasteiger partial charge on any atom is -0.304 e. The maximum atomic E-state index is 13.9. The second-order valence-corrected chi connectivity index (χ2v) is 9.95. The van der Waals surface area contributed by atoms with Gasteiger partial charge in [0.05, 0.1) is 0 Å². The van der Waals surface area contributed by atoms with Crippen LogP contribution in [0.25, 0.3) is 0 Å². The van der Waals surface area contributed by atoms with E-state index in [1.54, 1.807) is 36.8 Å². The molecular weight excluding hydrogens is 509 g/mol. The van der Waals surface area contributed by atoms with Crippen molar-refractivity contribution in [3.63, 3.8) is 0 Å². The van der Waals surface area contributed by atoms with Crippen LogP contribution >= 0.6 is 54.9 Å². The van der Waals surface area contributed by atoms with Gasteiger partial charge in [0.1, 0.15) is 16.3 Å². The molecule has 0 saturated carbocycles. The Morgan fingerprint density at radius 1 is 0.609 bits per heavy atom. The third-order valence-electron chi connectivity index (χ3n) is 3.10. The number of hydrogen-bond donors (Lipinski definition) is 0. The summed E-state index contributed by atoms with van der Waals surface area (Å²) in [5.74, 6) is 0.